The highest BCUT2D eigenvalue weighted by molar-refractivity contribution is 5.97. The molecule has 0 spiro atoms. The zero-order valence-corrected chi connectivity index (χ0v) is 8.91. The van der Waals surface area contributed by atoms with Gasteiger partial charge >= 0.3 is 0 Å². The predicted octanol–water partition coefficient (Wildman–Crippen LogP) is 2.64. The molecule has 1 aromatic rings. The van der Waals surface area contributed by atoms with E-state index in [4.69, 9.17) is 4.74 Å². The van der Waals surface area contributed by atoms with Crippen LogP contribution in [0.15, 0.2) is 24.3 Å². The van der Waals surface area contributed by atoms with Crippen molar-refractivity contribution in [2.24, 2.45) is 0 Å². The SMILES string of the molecule is COCC(=O)c1ccc(C(C)C)cc1. The number of methoxy groups -OCH3 is 1. The zero-order chi connectivity index (χ0) is 10.6. The van der Waals surface area contributed by atoms with E-state index in [2.05, 4.69) is 13.8 Å². The molecule has 0 unspecified atom stereocenters. The van der Waals surface area contributed by atoms with Gasteiger partial charge in [0.1, 0.15) is 6.61 Å². The Morgan fingerprint density at radius 2 is 1.86 bits per heavy atom. The summed E-state index contributed by atoms with van der Waals surface area (Å²) in [6, 6.07) is 7.70. The van der Waals surface area contributed by atoms with Crippen LogP contribution in [0.1, 0.15) is 35.7 Å². The highest BCUT2D eigenvalue weighted by atomic mass is 16.5. The number of ketones is 1. The Balaban J connectivity index is 2.78. The number of rotatable bonds is 4. The molecule has 0 bridgehead atoms. The van der Waals surface area contributed by atoms with Crippen LogP contribution in [0.25, 0.3) is 0 Å². The highest BCUT2D eigenvalue weighted by Crippen LogP contribution is 2.14. The third-order valence-electron chi connectivity index (χ3n) is 2.17. The van der Waals surface area contributed by atoms with Crippen molar-refractivity contribution in [2.75, 3.05) is 13.7 Å². The van der Waals surface area contributed by atoms with Crippen molar-refractivity contribution in [1.82, 2.24) is 0 Å². The van der Waals surface area contributed by atoms with Crippen molar-refractivity contribution in [3.63, 3.8) is 0 Å². The molecule has 0 aromatic heterocycles. The van der Waals surface area contributed by atoms with Gasteiger partial charge in [-0.05, 0) is 11.5 Å². The summed E-state index contributed by atoms with van der Waals surface area (Å²) in [6.07, 6.45) is 0. The third kappa shape index (κ3) is 2.67. The lowest BCUT2D eigenvalue weighted by Gasteiger charge is -2.05. The van der Waals surface area contributed by atoms with Gasteiger partial charge < -0.3 is 4.74 Å². The van der Waals surface area contributed by atoms with Gasteiger partial charge in [-0.3, -0.25) is 4.79 Å². The molecular formula is C12H16O2. The fourth-order valence-electron chi connectivity index (χ4n) is 1.27. The molecule has 0 aliphatic carbocycles. The summed E-state index contributed by atoms with van der Waals surface area (Å²) >= 11 is 0. The molecule has 0 amide bonds. The van der Waals surface area contributed by atoms with Crippen molar-refractivity contribution < 1.29 is 9.53 Å². The molecule has 0 radical (unpaired) electrons. The molecule has 2 heteroatoms. The minimum atomic E-state index is 0.0304. The normalized spacial score (nSPS) is 10.6. The summed E-state index contributed by atoms with van der Waals surface area (Å²) in [5, 5.41) is 0. The van der Waals surface area contributed by atoms with E-state index in [0.717, 1.165) is 5.56 Å². The van der Waals surface area contributed by atoms with E-state index >= 15 is 0 Å². The van der Waals surface area contributed by atoms with Crippen LogP contribution in [0.5, 0.6) is 0 Å². The highest BCUT2D eigenvalue weighted by Gasteiger charge is 2.05. The first kappa shape index (κ1) is 10.9. The number of carbonyl (C=O) groups is 1. The van der Waals surface area contributed by atoms with E-state index in [1.807, 2.05) is 24.3 Å². The Kier molecular flexibility index (Phi) is 3.84. The molecule has 0 fully saturated rings. The van der Waals surface area contributed by atoms with E-state index in [1.54, 1.807) is 0 Å². The smallest absolute Gasteiger partial charge is 0.188 e. The molecule has 0 aliphatic heterocycles. The second-order valence-electron chi connectivity index (χ2n) is 3.63. The van der Waals surface area contributed by atoms with E-state index in [0.29, 0.717) is 5.92 Å². The fourth-order valence-corrected chi connectivity index (χ4v) is 1.27. The number of carbonyl (C=O) groups excluding carboxylic acids is 1. The van der Waals surface area contributed by atoms with Gasteiger partial charge in [0.05, 0.1) is 0 Å². The first-order valence-electron chi connectivity index (χ1n) is 4.77. The summed E-state index contributed by atoms with van der Waals surface area (Å²) in [4.78, 5) is 11.4. The minimum absolute atomic E-state index is 0.0304. The van der Waals surface area contributed by atoms with Crippen LogP contribution in [0, 0.1) is 0 Å². The Labute approximate surface area is 84.9 Å². The summed E-state index contributed by atoms with van der Waals surface area (Å²) < 4.78 is 4.79. The van der Waals surface area contributed by atoms with Crippen molar-refractivity contribution in [3.8, 4) is 0 Å². The van der Waals surface area contributed by atoms with E-state index in [-0.39, 0.29) is 12.4 Å². The average Bonchev–Trinajstić information content (AvgIpc) is 2.18. The van der Waals surface area contributed by atoms with Gasteiger partial charge in [0.15, 0.2) is 5.78 Å². The molecule has 0 aliphatic rings. The largest absolute Gasteiger partial charge is 0.377 e. The maximum absolute atomic E-state index is 11.4. The topological polar surface area (TPSA) is 26.3 Å². The van der Waals surface area contributed by atoms with Gasteiger partial charge in [0, 0.05) is 12.7 Å². The summed E-state index contributed by atoms with van der Waals surface area (Å²) in [5.74, 6) is 0.532. The lowest BCUT2D eigenvalue weighted by atomic mass is 10.0. The van der Waals surface area contributed by atoms with Crippen LogP contribution >= 0.6 is 0 Å². The van der Waals surface area contributed by atoms with E-state index in [1.165, 1.54) is 12.7 Å². The van der Waals surface area contributed by atoms with Crippen molar-refractivity contribution in [2.45, 2.75) is 19.8 Å². The molecule has 1 rings (SSSR count). The summed E-state index contributed by atoms with van der Waals surface area (Å²) in [5.41, 5.74) is 1.97. The van der Waals surface area contributed by atoms with Crippen LogP contribution in [0.3, 0.4) is 0 Å². The summed E-state index contributed by atoms with van der Waals surface area (Å²) in [6.45, 7) is 4.42. The first-order valence-corrected chi connectivity index (χ1v) is 4.77. The number of Topliss-reactive ketones (excluding diaryl/α,β-unsaturated/α-hetero) is 1. The Morgan fingerprint density at radius 3 is 2.29 bits per heavy atom. The molecule has 0 heterocycles. The predicted molar refractivity (Wildman–Crippen MR) is 56.7 cm³/mol. The molecule has 0 atom stereocenters. The van der Waals surface area contributed by atoms with Crippen LogP contribution in [-0.4, -0.2) is 19.5 Å². The second-order valence-corrected chi connectivity index (χ2v) is 3.63. The Hall–Kier alpha value is -1.15. The van der Waals surface area contributed by atoms with Crippen LogP contribution < -0.4 is 0 Å². The van der Waals surface area contributed by atoms with Gasteiger partial charge in [-0.25, -0.2) is 0 Å². The van der Waals surface area contributed by atoms with Crippen LogP contribution in [0.4, 0.5) is 0 Å². The van der Waals surface area contributed by atoms with Gasteiger partial charge in [-0.2, -0.15) is 0 Å². The Morgan fingerprint density at radius 1 is 1.29 bits per heavy atom. The van der Waals surface area contributed by atoms with E-state index in [9.17, 15) is 4.79 Å². The molecule has 76 valence electrons. The first-order chi connectivity index (χ1) is 6.65. The van der Waals surface area contributed by atoms with Gasteiger partial charge in [0.2, 0.25) is 0 Å². The van der Waals surface area contributed by atoms with Crippen LogP contribution in [0.2, 0.25) is 0 Å². The van der Waals surface area contributed by atoms with Crippen molar-refractivity contribution in [3.05, 3.63) is 35.4 Å². The molecule has 0 N–H and O–H groups in total. The second kappa shape index (κ2) is 4.91. The summed E-state index contributed by atoms with van der Waals surface area (Å²) in [7, 11) is 1.53. The molecule has 0 saturated carbocycles. The fraction of sp³-hybridized carbons (Fsp3) is 0.417. The number of hydrogen-bond acceptors (Lipinski definition) is 2. The lowest BCUT2D eigenvalue weighted by molar-refractivity contribution is 0.0848. The van der Waals surface area contributed by atoms with Crippen LogP contribution in [-0.2, 0) is 4.74 Å². The molecule has 2 nitrogen and oxygen atoms in total. The van der Waals surface area contributed by atoms with E-state index < -0.39 is 0 Å². The standard InChI is InChI=1S/C12H16O2/c1-9(2)10-4-6-11(7-5-10)12(13)8-14-3/h4-7,9H,8H2,1-3H3. The molecule has 1 aromatic carbocycles. The quantitative estimate of drug-likeness (QED) is 0.685. The maximum atomic E-state index is 11.4. The van der Waals surface area contributed by atoms with Gasteiger partial charge in [-0.15, -0.1) is 0 Å². The zero-order valence-electron chi connectivity index (χ0n) is 8.91. The van der Waals surface area contributed by atoms with Crippen molar-refractivity contribution >= 4 is 5.78 Å². The Bertz CT molecular complexity index is 299. The third-order valence-corrected chi connectivity index (χ3v) is 2.17. The number of hydrogen-bond donors (Lipinski definition) is 0. The monoisotopic (exact) mass is 192 g/mol. The number of ether oxygens (including phenoxy) is 1. The number of benzene rings is 1. The molecule has 14 heavy (non-hydrogen) atoms. The minimum Gasteiger partial charge on any atom is -0.377 e. The average molecular weight is 192 g/mol. The lowest BCUT2D eigenvalue weighted by Crippen LogP contribution is -2.06. The maximum Gasteiger partial charge on any atom is 0.188 e. The van der Waals surface area contributed by atoms with Gasteiger partial charge in [-0.1, -0.05) is 38.1 Å². The van der Waals surface area contributed by atoms with Gasteiger partial charge in [0.25, 0.3) is 0 Å². The molecular weight excluding hydrogens is 176 g/mol. The van der Waals surface area contributed by atoms with Crippen molar-refractivity contribution in [1.29, 1.82) is 0 Å². The molecule has 0 saturated heterocycles.